The average molecular weight is 295 g/mol. The summed E-state index contributed by atoms with van der Waals surface area (Å²) in [5, 5.41) is 3.31. The molecule has 0 bridgehead atoms. The number of nitrogens with one attached hydrogen (secondary N) is 1. The van der Waals surface area contributed by atoms with Crippen molar-refractivity contribution >= 4 is 43.7 Å². The van der Waals surface area contributed by atoms with Crippen LogP contribution in [0.4, 0.5) is 5.13 Å². The zero-order valence-electron chi connectivity index (χ0n) is 10.7. The number of para-hydroxylation sites is 1. The zero-order valence-corrected chi connectivity index (χ0v) is 11.6. The highest BCUT2D eigenvalue weighted by molar-refractivity contribution is 7.22. The number of amides is 1. The number of anilines is 1. The molecule has 0 unspecified atom stereocenters. The van der Waals surface area contributed by atoms with Gasteiger partial charge in [-0.2, -0.15) is 0 Å². The largest absolute Gasteiger partial charge is 0.449 e. The van der Waals surface area contributed by atoms with E-state index in [-0.39, 0.29) is 11.7 Å². The maximum atomic E-state index is 12.2. The molecule has 1 aromatic carbocycles. The van der Waals surface area contributed by atoms with Gasteiger partial charge in [-0.15, -0.1) is 0 Å². The Bertz CT molecular complexity index is 892. The third-order valence-corrected chi connectivity index (χ3v) is 3.98. The van der Waals surface area contributed by atoms with E-state index in [1.54, 1.807) is 24.4 Å². The number of rotatable bonds is 2. The van der Waals surface area contributed by atoms with Crippen molar-refractivity contribution in [1.29, 1.82) is 0 Å². The summed E-state index contributed by atoms with van der Waals surface area (Å²) in [4.78, 5) is 20.7. The van der Waals surface area contributed by atoms with Crippen molar-refractivity contribution in [2.75, 3.05) is 5.32 Å². The van der Waals surface area contributed by atoms with Gasteiger partial charge in [-0.1, -0.05) is 23.5 Å². The third-order valence-electron chi connectivity index (χ3n) is 3.03. The van der Waals surface area contributed by atoms with Crippen LogP contribution in [0.25, 0.3) is 21.3 Å². The van der Waals surface area contributed by atoms with Crippen LogP contribution in [-0.2, 0) is 0 Å². The van der Waals surface area contributed by atoms with Gasteiger partial charge in [-0.25, -0.2) is 4.98 Å². The van der Waals surface area contributed by atoms with Crippen LogP contribution in [0.2, 0.25) is 0 Å². The van der Waals surface area contributed by atoms with Crippen molar-refractivity contribution in [2.45, 2.75) is 0 Å². The lowest BCUT2D eigenvalue weighted by Crippen LogP contribution is -2.10. The molecular formula is C15H9N3O2S. The number of aromatic nitrogens is 2. The summed E-state index contributed by atoms with van der Waals surface area (Å²) in [6, 6.07) is 12.9. The maximum absolute atomic E-state index is 12.2. The first-order valence-electron chi connectivity index (χ1n) is 6.31. The van der Waals surface area contributed by atoms with Crippen LogP contribution in [0, 0.1) is 0 Å². The van der Waals surface area contributed by atoms with Crippen molar-refractivity contribution in [1.82, 2.24) is 9.97 Å². The molecule has 0 spiro atoms. The third kappa shape index (κ3) is 2.15. The monoisotopic (exact) mass is 295 g/mol. The van der Waals surface area contributed by atoms with Crippen LogP contribution in [0.5, 0.6) is 0 Å². The van der Waals surface area contributed by atoms with Gasteiger partial charge in [-0.3, -0.25) is 15.1 Å². The Labute approximate surface area is 123 Å². The van der Waals surface area contributed by atoms with Crippen molar-refractivity contribution in [2.24, 2.45) is 0 Å². The van der Waals surface area contributed by atoms with E-state index in [0.29, 0.717) is 16.2 Å². The minimum absolute atomic E-state index is 0.225. The number of carbonyl (C=O) groups excluding carboxylic acids is 1. The predicted octanol–water partition coefficient (Wildman–Crippen LogP) is 3.69. The molecule has 6 heteroatoms. The molecule has 3 aromatic heterocycles. The van der Waals surface area contributed by atoms with Gasteiger partial charge in [0.05, 0.1) is 10.2 Å². The van der Waals surface area contributed by atoms with Gasteiger partial charge in [0, 0.05) is 12.3 Å². The fourth-order valence-corrected chi connectivity index (χ4v) is 2.93. The number of carbonyl (C=O) groups is 1. The van der Waals surface area contributed by atoms with Crippen LogP contribution in [0.1, 0.15) is 10.6 Å². The summed E-state index contributed by atoms with van der Waals surface area (Å²) >= 11 is 1.43. The van der Waals surface area contributed by atoms with Crippen molar-refractivity contribution in [3.63, 3.8) is 0 Å². The first-order valence-corrected chi connectivity index (χ1v) is 7.13. The molecule has 0 radical (unpaired) electrons. The number of fused-ring (bicyclic) bond motifs is 2. The molecule has 0 aliphatic carbocycles. The molecule has 1 amide bonds. The summed E-state index contributed by atoms with van der Waals surface area (Å²) in [6.07, 6.45) is 1.66. The van der Waals surface area contributed by atoms with E-state index >= 15 is 0 Å². The van der Waals surface area contributed by atoms with Crippen molar-refractivity contribution < 1.29 is 9.21 Å². The molecular weight excluding hydrogens is 286 g/mol. The molecule has 5 nitrogen and oxygen atoms in total. The molecule has 102 valence electrons. The van der Waals surface area contributed by atoms with E-state index in [1.165, 1.54) is 11.3 Å². The Morgan fingerprint density at radius 1 is 1.14 bits per heavy atom. The van der Waals surface area contributed by atoms with E-state index in [0.717, 1.165) is 10.2 Å². The first-order chi connectivity index (χ1) is 10.3. The number of thiazole rings is 1. The van der Waals surface area contributed by atoms with Gasteiger partial charge in [0.15, 0.2) is 16.5 Å². The summed E-state index contributed by atoms with van der Waals surface area (Å²) in [6.45, 7) is 0. The fraction of sp³-hybridized carbons (Fsp3) is 0. The Balaban J connectivity index is 1.65. The van der Waals surface area contributed by atoms with Gasteiger partial charge in [-0.05, 0) is 24.3 Å². The number of pyridine rings is 1. The normalized spacial score (nSPS) is 11.0. The highest BCUT2D eigenvalue weighted by atomic mass is 32.1. The van der Waals surface area contributed by atoms with Gasteiger partial charge in [0.1, 0.15) is 5.52 Å². The van der Waals surface area contributed by atoms with E-state index in [2.05, 4.69) is 15.3 Å². The van der Waals surface area contributed by atoms with Crippen LogP contribution < -0.4 is 5.32 Å². The average Bonchev–Trinajstić information content (AvgIpc) is 3.10. The standard InChI is InChI=1S/C15H9N3O2S/c19-14(12-8-10-11(20-12)5-3-7-16-10)18-15-17-9-4-1-2-6-13(9)21-15/h1-8H,(H,17,18,19). The van der Waals surface area contributed by atoms with Gasteiger partial charge in [0.2, 0.25) is 0 Å². The molecule has 0 saturated heterocycles. The highest BCUT2D eigenvalue weighted by Crippen LogP contribution is 2.26. The lowest BCUT2D eigenvalue weighted by atomic mass is 10.3. The Morgan fingerprint density at radius 3 is 2.90 bits per heavy atom. The summed E-state index contributed by atoms with van der Waals surface area (Å²) in [5.41, 5.74) is 2.11. The van der Waals surface area contributed by atoms with E-state index in [9.17, 15) is 4.79 Å². The van der Waals surface area contributed by atoms with Crippen molar-refractivity contribution in [3.8, 4) is 0 Å². The van der Waals surface area contributed by atoms with E-state index < -0.39 is 0 Å². The molecule has 0 saturated carbocycles. The number of benzene rings is 1. The second kappa shape index (κ2) is 4.68. The number of hydrogen-bond donors (Lipinski definition) is 1. The van der Waals surface area contributed by atoms with E-state index in [1.807, 2.05) is 24.3 Å². The molecule has 1 N–H and O–H groups in total. The second-order valence-electron chi connectivity index (χ2n) is 4.44. The van der Waals surface area contributed by atoms with Gasteiger partial charge >= 0.3 is 0 Å². The lowest BCUT2D eigenvalue weighted by molar-refractivity contribution is 0.0998. The summed E-state index contributed by atoms with van der Waals surface area (Å²) in [5.74, 6) is -0.102. The molecule has 4 rings (SSSR count). The summed E-state index contributed by atoms with van der Waals surface area (Å²) < 4.78 is 6.51. The van der Waals surface area contributed by atoms with Crippen LogP contribution in [0.15, 0.2) is 53.1 Å². The van der Waals surface area contributed by atoms with Crippen LogP contribution >= 0.6 is 11.3 Å². The molecule has 0 aliphatic rings. The molecule has 0 fully saturated rings. The van der Waals surface area contributed by atoms with E-state index in [4.69, 9.17) is 4.42 Å². The minimum atomic E-state index is -0.327. The fourth-order valence-electron chi connectivity index (χ4n) is 2.07. The van der Waals surface area contributed by atoms with Gasteiger partial charge in [0.25, 0.3) is 5.91 Å². The molecule has 4 aromatic rings. The number of hydrogen-bond acceptors (Lipinski definition) is 5. The Morgan fingerprint density at radius 2 is 2.05 bits per heavy atom. The van der Waals surface area contributed by atoms with Crippen molar-refractivity contribution in [3.05, 3.63) is 54.4 Å². The maximum Gasteiger partial charge on any atom is 0.293 e. The minimum Gasteiger partial charge on any atom is -0.449 e. The zero-order chi connectivity index (χ0) is 14.2. The molecule has 0 atom stereocenters. The SMILES string of the molecule is O=C(Nc1nc2ccccc2s1)c1cc2ncccc2o1. The van der Waals surface area contributed by atoms with Crippen LogP contribution in [0.3, 0.4) is 0 Å². The van der Waals surface area contributed by atoms with Crippen LogP contribution in [-0.4, -0.2) is 15.9 Å². The predicted molar refractivity (Wildman–Crippen MR) is 81.6 cm³/mol. The highest BCUT2D eigenvalue weighted by Gasteiger charge is 2.14. The Hall–Kier alpha value is -2.73. The molecule has 3 heterocycles. The second-order valence-corrected chi connectivity index (χ2v) is 5.47. The number of furan rings is 1. The Kier molecular flexibility index (Phi) is 2.68. The number of nitrogens with zero attached hydrogens (tertiary/aromatic N) is 2. The lowest BCUT2D eigenvalue weighted by Gasteiger charge is -1.96. The summed E-state index contributed by atoms with van der Waals surface area (Å²) in [7, 11) is 0. The topological polar surface area (TPSA) is 68.0 Å². The molecule has 0 aliphatic heterocycles. The first kappa shape index (κ1) is 12.0. The molecule has 21 heavy (non-hydrogen) atoms. The quantitative estimate of drug-likeness (QED) is 0.612. The van der Waals surface area contributed by atoms with Gasteiger partial charge < -0.3 is 4.42 Å². The smallest absolute Gasteiger partial charge is 0.293 e.